The number of amides is 1. The number of hydrogen-bond donors (Lipinski definition) is 1. The van der Waals surface area contributed by atoms with Crippen molar-refractivity contribution in [3.8, 4) is 17.3 Å². The second kappa shape index (κ2) is 6.36. The second-order valence-corrected chi connectivity index (χ2v) is 5.12. The minimum Gasteiger partial charge on any atom is -0.355 e. The maximum absolute atomic E-state index is 12.3. The molecule has 1 amide bonds. The number of nitrogens with one attached hydrogen (secondary N) is 1. The molecule has 0 unspecified atom stereocenters. The van der Waals surface area contributed by atoms with E-state index in [2.05, 4.69) is 25.5 Å². The maximum Gasteiger partial charge on any atom is 0.277 e. The number of aromatic nitrogens is 5. The summed E-state index contributed by atoms with van der Waals surface area (Å²) in [6.07, 6.45) is 6.36. The number of carbonyl (C=O) groups excluding carboxylic acids is 1. The third-order valence-corrected chi connectivity index (χ3v) is 3.41. The zero-order valence-electron chi connectivity index (χ0n) is 12.9. The van der Waals surface area contributed by atoms with Crippen LogP contribution in [0.5, 0.6) is 0 Å². The Balaban J connectivity index is 1.48. The molecule has 4 rings (SSSR count). The SMILES string of the molecule is O=C(Nc1cnc(-n2cccn2)nc1)c1cc(-c2ccccc2)on1. The molecular formula is C17H12N6O2. The number of anilines is 1. The fourth-order valence-corrected chi connectivity index (χ4v) is 2.21. The topological polar surface area (TPSA) is 98.7 Å². The van der Waals surface area contributed by atoms with Crippen molar-refractivity contribution in [3.05, 3.63) is 72.9 Å². The van der Waals surface area contributed by atoms with Gasteiger partial charge in [0.25, 0.3) is 11.9 Å². The predicted molar refractivity (Wildman–Crippen MR) is 89.0 cm³/mol. The van der Waals surface area contributed by atoms with Gasteiger partial charge in [-0.2, -0.15) is 5.10 Å². The molecule has 0 radical (unpaired) electrons. The lowest BCUT2D eigenvalue weighted by atomic mass is 10.1. The molecule has 0 aliphatic carbocycles. The van der Waals surface area contributed by atoms with Crippen molar-refractivity contribution >= 4 is 11.6 Å². The van der Waals surface area contributed by atoms with Crippen LogP contribution in [0.15, 0.2) is 71.8 Å². The van der Waals surface area contributed by atoms with Crippen LogP contribution < -0.4 is 5.32 Å². The molecule has 8 heteroatoms. The molecule has 1 aromatic carbocycles. The molecule has 25 heavy (non-hydrogen) atoms. The Hall–Kier alpha value is -3.81. The van der Waals surface area contributed by atoms with E-state index in [1.165, 1.54) is 17.1 Å². The first-order chi connectivity index (χ1) is 12.3. The molecule has 3 heterocycles. The Morgan fingerprint density at radius 3 is 2.60 bits per heavy atom. The van der Waals surface area contributed by atoms with Gasteiger partial charge in [-0.05, 0) is 6.07 Å². The zero-order chi connectivity index (χ0) is 17.1. The van der Waals surface area contributed by atoms with Crippen LogP contribution in [0.2, 0.25) is 0 Å². The standard InChI is InChI=1S/C17H12N6O2/c24-16(14-9-15(25-22-14)12-5-2-1-3-6-12)21-13-10-18-17(19-11-13)23-8-4-7-20-23/h1-11H,(H,21,24). The molecule has 3 aromatic heterocycles. The fraction of sp³-hybridized carbons (Fsp3) is 0. The molecule has 1 N–H and O–H groups in total. The smallest absolute Gasteiger partial charge is 0.277 e. The lowest BCUT2D eigenvalue weighted by Gasteiger charge is -2.03. The van der Waals surface area contributed by atoms with Crippen molar-refractivity contribution in [1.29, 1.82) is 0 Å². The highest BCUT2D eigenvalue weighted by Gasteiger charge is 2.14. The molecule has 8 nitrogen and oxygen atoms in total. The lowest BCUT2D eigenvalue weighted by Crippen LogP contribution is -2.13. The van der Waals surface area contributed by atoms with Gasteiger partial charge in [0.2, 0.25) is 0 Å². The maximum atomic E-state index is 12.3. The fourth-order valence-electron chi connectivity index (χ4n) is 2.21. The molecule has 0 spiro atoms. The first-order valence-electron chi connectivity index (χ1n) is 7.45. The molecule has 0 aliphatic rings. The summed E-state index contributed by atoms with van der Waals surface area (Å²) < 4.78 is 6.75. The van der Waals surface area contributed by atoms with Gasteiger partial charge in [0.05, 0.1) is 18.1 Å². The van der Waals surface area contributed by atoms with Gasteiger partial charge in [-0.3, -0.25) is 4.79 Å². The molecule has 0 bridgehead atoms. The lowest BCUT2D eigenvalue weighted by molar-refractivity contribution is 0.101. The highest BCUT2D eigenvalue weighted by atomic mass is 16.5. The van der Waals surface area contributed by atoms with Crippen molar-refractivity contribution in [2.75, 3.05) is 5.32 Å². The van der Waals surface area contributed by atoms with Crippen LogP contribution in [0.1, 0.15) is 10.5 Å². The van der Waals surface area contributed by atoms with Crippen molar-refractivity contribution < 1.29 is 9.32 Å². The molecule has 4 aromatic rings. The van der Waals surface area contributed by atoms with Gasteiger partial charge in [-0.25, -0.2) is 14.6 Å². The first-order valence-corrected chi connectivity index (χ1v) is 7.45. The average molecular weight is 332 g/mol. The summed E-state index contributed by atoms with van der Waals surface area (Å²) in [4.78, 5) is 20.6. The Kier molecular flexibility index (Phi) is 3.76. The highest BCUT2D eigenvalue weighted by Crippen LogP contribution is 2.20. The summed E-state index contributed by atoms with van der Waals surface area (Å²) >= 11 is 0. The molecular weight excluding hydrogens is 320 g/mol. The molecule has 0 aliphatic heterocycles. The highest BCUT2D eigenvalue weighted by molar-refractivity contribution is 6.03. The Bertz CT molecular complexity index is 978. The van der Waals surface area contributed by atoms with E-state index >= 15 is 0 Å². The second-order valence-electron chi connectivity index (χ2n) is 5.12. The quantitative estimate of drug-likeness (QED) is 0.616. The van der Waals surface area contributed by atoms with Crippen molar-refractivity contribution in [2.24, 2.45) is 0 Å². The largest absolute Gasteiger partial charge is 0.355 e. The van der Waals surface area contributed by atoms with Crippen LogP contribution in [-0.4, -0.2) is 30.8 Å². The minimum absolute atomic E-state index is 0.176. The summed E-state index contributed by atoms with van der Waals surface area (Å²) in [6, 6.07) is 12.8. The molecule has 122 valence electrons. The monoisotopic (exact) mass is 332 g/mol. The van der Waals surface area contributed by atoms with Gasteiger partial charge >= 0.3 is 0 Å². The van der Waals surface area contributed by atoms with Gasteiger partial charge in [0.1, 0.15) is 0 Å². The minimum atomic E-state index is -0.402. The number of hydrogen-bond acceptors (Lipinski definition) is 6. The van der Waals surface area contributed by atoms with Crippen LogP contribution in [0, 0.1) is 0 Å². The van der Waals surface area contributed by atoms with E-state index in [1.807, 2.05) is 30.3 Å². The summed E-state index contributed by atoms with van der Waals surface area (Å²) in [5.74, 6) is 0.535. The van der Waals surface area contributed by atoms with Crippen LogP contribution in [0.3, 0.4) is 0 Å². The van der Waals surface area contributed by atoms with E-state index in [0.717, 1.165) is 5.56 Å². The Labute approximate surface area is 142 Å². The van der Waals surface area contributed by atoms with Crippen LogP contribution >= 0.6 is 0 Å². The van der Waals surface area contributed by atoms with Crippen LogP contribution in [0.25, 0.3) is 17.3 Å². The van der Waals surface area contributed by atoms with Gasteiger partial charge in [-0.1, -0.05) is 35.5 Å². The van der Waals surface area contributed by atoms with E-state index in [4.69, 9.17) is 4.52 Å². The normalized spacial score (nSPS) is 10.6. The summed E-state index contributed by atoms with van der Waals surface area (Å²) in [5, 5.41) is 10.5. The average Bonchev–Trinajstić information content (AvgIpc) is 3.35. The molecule has 0 fully saturated rings. The third-order valence-electron chi connectivity index (χ3n) is 3.41. The Morgan fingerprint density at radius 1 is 1.08 bits per heavy atom. The van der Waals surface area contributed by atoms with E-state index in [9.17, 15) is 4.79 Å². The zero-order valence-corrected chi connectivity index (χ0v) is 12.9. The Morgan fingerprint density at radius 2 is 1.88 bits per heavy atom. The van der Waals surface area contributed by atoms with Gasteiger partial charge in [0.15, 0.2) is 11.5 Å². The molecule has 0 saturated heterocycles. The van der Waals surface area contributed by atoms with Crippen LogP contribution in [-0.2, 0) is 0 Å². The number of carbonyl (C=O) groups is 1. The summed E-state index contributed by atoms with van der Waals surface area (Å²) in [6.45, 7) is 0. The molecule has 0 saturated carbocycles. The van der Waals surface area contributed by atoms with Crippen molar-refractivity contribution in [3.63, 3.8) is 0 Å². The van der Waals surface area contributed by atoms with E-state index in [-0.39, 0.29) is 5.69 Å². The summed E-state index contributed by atoms with van der Waals surface area (Å²) in [5.41, 5.74) is 1.47. The van der Waals surface area contributed by atoms with E-state index in [0.29, 0.717) is 17.4 Å². The van der Waals surface area contributed by atoms with Crippen molar-refractivity contribution in [1.82, 2.24) is 24.9 Å². The first kappa shape index (κ1) is 14.8. The molecule has 0 atom stereocenters. The predicted octanol–water partition coefficient (Wildman–Crippen LogP) is 2.57. The van der Waals surface area contributed by atoms with E-state index < -0.39 is 5.91 Å². The van der Waals surface area contributed by atoms with Crippen molar-refractivity contribution in [2.45, 2.75) is 0 Å². The number of rotatable bonds is 4. The number of benzene rings is 1. The summed E-state index contributed by atoms with van der Waals surface area (Å²) in [7, 11) is 0. The van der Waals surface area contributed by atoms with Gasteiger partial charge in [0, 0.05) is 24.0 Å². The van der Waals surface area contributed by atoms with E-state index in [1.54, 1.807) is 24.5 Å². The van der Waals surface area contributed by atoms with Crippen LogP contribution in [0.4, 0.5) is 5.69 Å². The van der Waals surface area contributed by atoms with Gasteiger partial charge < -0.3 is 9.84 Å². The third kappa shape index (κ3) is 3.13. The van der Waals surface area contributed by atoms with Gasteiger partial charge in [-0.15, -0.1) is 0 Å². The number of nitrogens with zero attached hydrogens (tertiary/aromatic N) is 5.